The molecule has 0 rings (SSSR count). The molecular weight excluding hydrogens is 128 g/mol. The predicted octanol–water partition coefficient (Wildman–Crippen LogP) is 1.08. The Kier molecular flexibility index (Phi) is 5.26. The van der Waals surface area contributed by atoms with Crippen molar-refractivity contribution >= 4 is 0 Å². The highest BCUT2D eigenvalue weighted by Crippen LogP contribution is 1.98. The van der Waals surface area contributed by atoms with Crippen molar-refractivity contribution in [2.24, 2.45) is 0 Å². The first kappa shape index (κ1) is 9.66. The van der Waals surface area contributed by atoms with E-state index >= 15 is 0 Å². The third kappa shape index (κ3) is 5.79. The van der Waals surface area contributed by atoms with Gasteiger partial charge in [0.25, 0.3) is 0 Å². The minimum atomic E-state index is -0.486. The molecule has 0 spiro atoms. The lowest BCUT2D eigenvalue weighted by molar-refractivity contribution is 0.116. The molecule has 2 heteroatoms. The van der Waals surface area contributed by atoms with Gasteiger partial charge in [0.2, 0.25) is 0 Å². The van der Waals surface area contributed by atoms with Gasteiger partial charge in [0, 0.05) is 6.42 Å². The molecular formula is C8H16O2. The molecule has 60 valence electrons. The van der Waals surface area contributed by atoms with Crippen molar-refractivity contribution in [1.82, 2.24) is 0 Å². The Bertz CT molecular complexity index is 97.4. The zero-order chi connectivity index (χ0) is 7.98. The van der Waals surface area contributed by atoms with Gasteiger partial charge in [0.05, 0.1) is 12.2 Å². The Morgan fingerprint density at radius 3 is 2.40 bits per heavy atom. The second-order valence-corrected chi connectivity index (χ2v) is 2.49. The Labute approximate surface area is 62.2 Å². The molecule has 0 saturated carbocycles. The zero-order valence-electron chi connectivity index (χ0n) is 6.62. The lowest BCUT2D eigenvalue weighted by Gasteiger charge is -2.06. The Balaban J connectivity index is 3.42. The van der Waals surface area contributed by atoms with E-state index in [9.17, 15) is 0 Å². The number of hydrogen-bond acceptors (Lipinski definition) is 2. The first-order chi connectivity index (χ1) is 4.66. The summed E-state index contributed by atoms with van der Waals surface area (Å²) in [7, 11) is 0. The molecule has 2 unspecified atom stereocenters. The van der Waals surface area contributed by atoms with Gasteiger partial charge >= 0.3 is 0 Å². The molecule has 0 radical (unpaired) electrons. The van der Waals surface area contributed by atoms with Crippen LogP contribution in [0, 0.1) is 0 Å². The van der Waals surface area contributed by atoms with Gasteiger partial charge in [-0.05, 0) is 13.3 Å². The second-order valence-electron chi connectivity index (χ2n) is 2.49. The van der Waals surface area contributed by atoms with E-state index in [0.29, 0.717) is 6.42 Å². The molecule has 0 fully saturated rings. The van der Waals surface area contributed by atoms with Crippen LogP contribution < -0.4 is 0 Å². The lowest BCUT2D eigenvalue weighted by atomic mass is 10.1. The fourth-order valence-electron chi connectivity index (χ4n) is 0.721. The number of hydrogen-bond donors (Lipinski definition) is 2. The van der Waals surface area contributed by atoms with Gasteiger partial charge in [-0.3, -0.25) is 0 Å². The van der Waals surface area contributed by atoms with E-state index in [-0.39, 0.29) is 0 Å². The summed E-state index contributed by atoms with van der Waals surface area (Å²) < 4.78 is 0. The van der Waals surface area contributed by atoms with E-state index in [2.05, 4.69) is 0 Å². The quantitative estimate of drug-likeness (QED) is 0.580. The minimum absolute atomic E-state index is 0.420. The molecule has 0 aromatic rings. The van der Waals surface area contributed by atoms with Crippen LogP contribution in [0.25, 0.3) is 0 Å². The van der Waals surface area contributed by atoms with Crippen LogP contribution in [0.1, 0.15) is 26.7 Å². The highest BCUT2D eigenvalue weighted by atomic mass is 16.3. The van der Waals surface area contributed by atoms with Crippen molar-refractivity contribution in [3.05, 3.63) is 12.2 Å². The summed E-state index contributed by atoms with van der Waals surface area (Å²) in [6.07, 6.45) is 4.06. The molecule has 0 aromatic heterocycles. The van der Waals surface area contributed by atoms with Gasteiger partial charge in [-0.15, -0.1) is 0 Å². The standard InChI is InChI=1S/C8H16O2/c1-3-4-5-8(10)6-7(2)9/h4-5,7-10H,3,6H2,1-2H3. The molecule has 0 heterocycles. The van der Waals surface area contributed by atoms with Crippen molar-refractivity contribution in [1.29, 1.82) is 0 Å². The summed E-state index contributed by atoms with van der Waals surface area (Å²) >= 11 is 0. The fraction of sp³-hybridized carbons (Fsp3) is 0.750. The fourth-order valence-corrected chi connectivity index (χ4v) is 0.721. The SMILES string of the molecule is CCC=CC(O)CC(C)O. The van der Waals surface area contributed by atoms with E-state index in [4.69, 9.17) is 10.2 Å². The summed E-state index contributed by atoms with van der Waals surface area (Å²) in [5, 5.41) is 17.9. The van der Waals surface area contributed by atoms with Crippen LogP contribution in [0.4, 0.5) is 0 Å². The molecule has 0 aliphatic carbocycles. The monoisotopic (exact) mass is 144 g/mol. The first-order valence-corrected chi connectivity index (χ1v) is 3.69. The lowest BCUT2D eigenvalue weighted by Crippen LogP contribution is -2.11. The van der Waals surface area contributed by atoms with Crippen molar-refractivity contribution < 1.29 is 10.2 Å². The molecule has 2 N–H and O–H groups in total. The number of aliphatic hydroxyl groups excluding tert-OH is 2. The first-order valence-electron chi connectivity index (χ1n) is 3.69. The van der Waals surface area contributed by atoms with Crippen molar-refractivity contribution in [2.45, 2.75) is 38.9 Å². The summed E-state index contributed by atoms with van der Waals surface area (Å²) in [4.78, 5) is 0. The van der Waals surface area contributed by atoms with Gasteiger partial charge in [0.15, 0.2) is 0 Å². The number of aliphatic hydroxyl groups is 2. The largest absolute Gasteiger partial charge is 0.393 e. The third-order valence-corrected chi connectivity index (χ3v) is 1.18. The maximum absolute atomic E-state index is 9.10. The normalized spacial score (nSPS) is 17.6. The average Bonchev–Trinajstić information content (AvgIpc) is 1.82. The zero-order valence-corrected chi connectivity index (χ0v) is 6.62. The van der Waals surface area contributed by atoms with Crippen molar-refractivity contribution in [3.8, 4) is 0 Å². The van der Waals surface area contributed by atoms with Crippen LogP contribution in [0.5, 0.6) is 0 Å². The molecule has 0 aliphatic rings. The van der Waals surface area contributed by atoms with Gasteiger partial charge in [-0.25, -0.2) is 0 Å². The van der Waals surface area contributed by atoms with Gasteiger partial charge in [-0.1, -0.05) is 19.1 Å². The van der Waals surface area contributed by atoms with Crippen LogP contribution in [-0.2, 0) is 0 Å². The van der Waals surface area contributed by atoms with Gasteiger partial charge in [-0.2, -0.15) is 0 Å². The Hall–Kier alpha value is -0.340. The van der Waals surface area contributed by atoms with E-state index in [1.807, 2.05) is 13.0 Å². The highest BCUT2D eigenvalue weighted by molar-refractivity contribution is 4.88. The second kappa shape index (κ2) is 5.45. The highest BCUT2D eigenvalue weighted by Gasteiger charge is 2.02. The van der Waals surface area contributed by atoms with Gasteiger partial charge < -0.3 is 10.2 Å². The van der Waals surface area contributed by atoms with E-state index < -0.39 is 12.2 Å². The summed E-state index contributed by atoms with van der Waals surface area (Å²) in [5.41, 5.74) is 0. The molecule has 2 atom stereocenters. The molecule has 0 aromatic carbocycles. The van der Waals surface area contributed by atoms with Crippen LogP contribution in [-0.4, -0.2) is 22.4 Å². The molecule has 0 aliphatic heterocycles. The smallest absolute Gasteiger partial charge is 0.0745 e. The third-order valence-electron chi connectivity index (χ3n) is 1.18. The Morgan fingerprint density at radius 1 is 1.40 bits per heavy atom. The molecule has 10 heavy (non-hydrogen) atoms. The maximum atomic E-state index is 9.10. The molecule has 0 bridgehead atoms. The number of allylic oxidation sites excluding steroid dienone is 1. The van der Waals surface area contributed by atoms with E-state index in [1.165, 1.54) is 0 Å². The van der Waals surface area contributed by atoms with E-state index in [0.717, 1.165) is 6.42 Å². The summed E-state index contributed by atoms with van der Waals surface area (Å²) in [6.45, 7) is 3.68. The van der Waals surface area contributed by atoms with Crippen LogP contribution in [0.3, 0.4) is 0 Å². The van der Waals surface area contributed by atoms with Crippen molar-refractivity contribution in [3.63, 3.8) is 0 Å². The van der Waals surface area contributed by atoms with Gasteiger partial charge in [0.1, 0.15) is 0 Å². The molecule has 2 nitrogen and oxygen atoms in total. The maximum Gasteiger partial charge on any atom is 0.0745 e. The molecule has 0 amide bonds. The summed E-state index contributed by atoms with van der Waals surface area (Å²) in [6, 6.07) is 0. The van der Waals surface area contributed by atoms with Crippen molar-refractivity contribution in [2.75, 3.05) is 0 Å². The molecule has 0 saturated heterocycles. The van der Waals surface area contributed by atoms with Crippen LogP contribution in [0.15, 0.2) is 12.2 Å². The number of rotatable bonds is 4. The predicted molar refractivity (Wildman–Crippen MR) is 41.7 cm³/mol. The Morgan fingerprint density at radius 2 is 2.00 bits per heavy atom. The minimum Gasteiger partial charge on any atom is -0.393 e. The van der Waals surface area contributed by atoms with E-state index in [1.54, 1.807) is 13.0 Å². The average molecular weight is 144 g/mol. The van der Waals surface area contributed by atoms with Crippen LogP contribution >= 0.6 is 0 Å². The van der Waals surface area contributed by atoms with Crippen LogP contribution in [0.2, 0.25) is 0 Å². The summed E-state index contributed by atoms with van der Waals surface area (Å²) in [5.74, 6) is 0. The topological polar surface area (TPSA) is 40.5 Å².